The average Bonchev–Trinajstić information content (AvgIpc) is 3.02. The van der Waals surface area contributed by atoms with Crippen molar-refractivity contribution in [3.63, 3.8) is 0 Å². The highest BCUT2D eigenvalue weighted by atomic mass is 16.5. The quantitative estimate of drug-likeness (QED) is 0.677. The SMILES string of the molecule is COc1ccc2ccccc2c1C=NN1Cc2ccccc2C1. The molecule has 0 N–H and O–H groups in total. The minimum Gasteiger partial charge on any atom is -0.496 e. The number of benzene rings is 3. The van der Waals surface area contributed by atoms with Gasteiger partial charge in [-0.25, -0.2) is 0 Å². The van der Waals surface area contributed by atoms with Gasteiger partial charge in [0, 0.05) is 5.56 Å². The van der Waals surface area contributed by atoms with E-state index in [0.29, 0.717) is 0 Å². The molecule has 1 aliphatic rings. The fourth-order valence-electron chi connectivity index (χ4n) is 3.12. The lowest BCUT2D eigenvalue weighted by Crippen LogP contribution is -2.08. The number of rotatable bonds is 3. The van der Waals surface area contributed by atoms with Crippen LogP contribution < -0.4 is 4.74 Å². The Labute approximate surface area is 135 Å². The first-order valence-corrected chi connectivity index (χ1v) is 7.76. The van der Waals surface area contributed by atoms with Crippen LogP contribution in [-0.2, 0) is 13.1 Å². The minimum absolute atomic E-state index is 0.851. The molecule has 114 valence electrons. The van der Waals surface area contributed by atoms with Gasteiger partial charge in [0.1, 0.15) is 5.75 Å². The highest BCUT2D eigenvalue weighted by molar-refractivity contribution is 6.02. The second-order valence-corrected chi connectivity index (χ2v) is 5.74. The van der Waals surface area contributed by atoms with Gasteiger partial charge >= 0.3 is 0 Å². The van der Waals surface area contributed by atoms with Gasteiger partial charge < -0.3 is 4.74 Å². The summed E-state index contributed by atoms with van der Waals surface area (Å²) in [7, 11) is 1.70. The molecule has 0 bridgehead atoms. The minimum atomic E-state index is 0.851. The number of ether oxygens (including phenoxy) is 1. The Morgan fingerprint density at radius 3 is 2.35 bits per heavy atom. The summed E-state index contributed by atoms with van der Waals surface area (Å²) in [6, 6.07) is 20.9. The molecule has 0 radical (unpaired) electrons. The van der Waals surface area contributed by atoms with Crippen molar-refractivity contribution in [2.24, 2.45) is 5.10 Å². The zero-order valence-corrected chi connectivity index (χ0v) is 13.1. The van der Waals surface area contributed by atoms with Gasteiger partial charge in [0.2, 0.25) is 0 Å². The first-order valence-electron chi connectivity index (χ1n) is 7.76. The summed E-state index contributed by atoms with van der Waals surface area (Å²) in [6.07, 6.45) is 1.92. The molecule has 0 aromatic heterocycles. The molecule has 0 spiro atoms. The third-order valence-corrected chi connectivity index (χ3v) is 4.32. The number of methoxy groups -OCH3 is 1. The highest BCUT2D eigenvalue weighted by Crippen LogP contribution is 2.27. The van der Waals surface area contributed by atoms with Crippen LogP contribution in [0.3, 0.4) is 0 Å². The first kappa shape index (κ1) is 13.8. The van der Waals surface area contributed by atoms with Crippen molar-refractivity contribution < 1.29 is 4.74 Å². The topological polar surface area (TPSA) is 24.8 Å². The molecule has 0 atom stereocenters. The van der Waals surface area contributed by atoms with Crippen LogP contribution in [0.25, 0.3) is 10.8 Å². The molecular formula is C20H18N2O. The van der Waals surface area contributed by atoms with E-state index in [-0.39, 0.29) is 0 Å². The van der Waals surface area contributed by atoms with Crippen molar-refractivity contribution in [1.29, 1.82) is 0 Å². The maximum atomic E-state index is 5.52. The zero-order valence-electron chi connectivity index (χ0n) is 13.1. The third kappa shape index (κ3) is 2.55. The monoisotopic (exact) mass is 302 g/mol. The van der Waals surface area contributed by atoms with E-state index in [1.54, 1.807) is 7.11 Å². The van der Waals surface area contributed by atoms with E-state index in [0.717, 1.165) is 29.8 Å². The number of fused-ring (bicyclic) bond motifs is 2. The predicted molar refractivity (Wildman–Crippen MR) is 93.8 cm³/mol. The van der Waals surface area contributed by atoms with Crippen LogP contribution in [0, 0.1) is 0 Å². The number of hydrogen-bond acceptors (Lipinski definition) is 3. The summed E-state index contributed by atoms with van der Waals surface area (Å²) in [6.45, 7) is 1.72. The molecule has 0 fully saturated rings. The smallest absolute Gasteiger partial charge is 0.128 e. The summed E-state index contributed by atoms with van der Waals surface area (Å²) in [5, 5.41) is 9.14. The predicted octanol–water partition coefficient (Wildman–Crippen LogP) is 4.20. The van der Waals surface area contributed by atoms with Crippen LogP contribution >= 0.6 is 0 Å². The summed E-state index contributed by atoms with van der Waals surface area (Å²) < 4.78 is 5.52. The highest BCUT2D eigenvalue weighted by Gasteiger charge is 2.16. The molecule has 0 saturated carbocycles. The number of hydrazone groups is 1. The van der Waals surface area contributed by atoms with Crippen molar-refractivity contribution in [3.8, 4) is 5.75 Å². The van der Waals surface area contributed by atoms with Crippen molar-refractivity contribution in [2.45, 2.75) is 13.1 Å². The standard InChI is InChI=1S/C20H18N2O/c1-23-20-11-10-15-6-4-5-9-18(15)19(20)12-21-22-13-16-7-2-3-8-17(16)14-22/h2-12H,13-14H2,1H3. The van der Waals surface area contributed by atoms with Crippen LogP contribution in [0.15, 0.2) is 65.8 Å². The van der Waals surface area contributed by atoms with E-state index in [2.05, 4.69) is 47.5 Å². The normalized spacial score (nSPS) is 13.7. The van der Waals surface area contributed by atoms with E-state index in [4.69, 9.17) is 9.84 Å². The van der Waals surface area contributed by atoms with E-state index in [9.17, 15) is 0 Å². The fourth-order valence-corrected chi connectivity index (χ4v) is 3.12. The Hall–Kier alpha value is -2.81. The molecule has 0 saturated heterocycles. The van der Waals surface area contributed by atoms with Gasteiger partial charge in [0.15, 0.2) is 0 Å². The van der Waals surface area contributed by atoms with Crippen LogP contribution in [0.5, 0.6) is 5.75 Å². The fraction of sp³-hybridized carbons (Fsp3) is 0.150. The average molecular weight is 302 g/mol. The molecule has 3 nitrogen and oxygen atoms in total. The lowest BCUT2D eigenvalue weighted by molar-refractivity contribution is 0.302. The molecule has 4 rings (SSSR count). The van der Waals surface area contributed by atoms with E-state index < -0.39 is 0 Å². The Morgan fingerprint density at radius 1 is 0.913 bits per heavy atom. The van der Waals surface area contributed by atoms with Gasteiger partial charge in [-0.05, 0) is 28.0 Å². The lowest BCUT2D eigenvalue weighted by Gasteiger charge is -2.12. The lowest BCUT2D eigenvalue weighted by atomic mass is 10.0. The summed E-state index contributed by atoms with van der Waals surface area (Å²) in [5.41, 5.74) is 3.74. The maximum absolute atomic E-state index is 5.52. The van der Waals surface area contributed by atoms with E-state index in [1.165, 1.54) is 16.5 Å². The van der Waals surface area contributed by atoms with Crippen LogP contribution in [-0.4, -0.2) is 18.3 Å². The molecule has 0 amide bonds. The summed E-state index contributed by atoms with van der Waals surface area (Å²) in [5.74, 6) is 0.851. The summed E-state index contributed by atoms with van der Waals surface area (Å²) in [4.78, 5) is 0. The van der Waals surface area contributed by atoms with Crippen molar-refractivity contribution in [3.05, 3.63) is 77.4 Å². The number of hydrogen-bond donors (Lipinski definition) is 0. The molecule has 0 aliphatic carbocycles. The van der Waals surface area contributed by atoms with Gasteiger partial charge in [-0.15, -0.1) is 0 Å². The Morgan fingerprint density at radius 2 is 1.61 bits per heavy atom. The van der Waals surface area contributed by atoms with Gasteiger partial charge in [0.05, 0.1) is 26.4 Å². The molecule has 1 heterocycles. The van der Waals surface area contributed by atoms with Crippen molar-refractivity contribution in [1.82, 2.24) is 5.01 Å². The molecule has 1 aliphatic heterocycles. The molecule has 3 heteroatoms. The van der Waals surface area contributed by atoms with Crippen molar-refractivity contribution in [2.75, 3.05) is 7.11 Å². The van der Waals surface area contributed by atoms with Crippen LogP contribution in [0.1, 0.15) is 16.7 Å². The second kappa shape index (κ2) is 5.76. The molecule has 0 unspecified atom stereocenters. The van der Waals surface area contributed by atoms with E-state index >= 15 is 0 Å². The molecular weight excluding hydrogens is 284 g/mol. The van der Waals surface area contributed by atoms with Gasteiger partial charge in [-0.1, -0.05) is 54.6 Å². The second-order valence-electron chi connectivity index (χ2n) is 5.74. The number of nitrogens with zero attached hydrogens (tertiary/aromatic N) is 2. The zero-order chi connectivity index (χ0) is 15.6. The largest absolute Gasteiger partial charge is 0.496 e. The van der Waals surface area contributed by atoms with Gasteiger partial charge in [-0.3, -0.25) is 5.01 Å². The van der Waals surface area contributed by atoms with Crippen LogP contribution in [0.2, 0.25) is 0 Å². The van der Waals surface area contributed by atoms with Gasteiger partial charge in [0.25, 0.3) is 0 Å². The van der Waals surface area contributed by atoms with Crippen LogP contribution in [0.4, 0.5) is 0 Å². The van der Waals surface area contributed by atoms with E-state index in [1.807, 2.05) is 24.4 Å². The van der Waals surface area contributed by atoms with Crippen molar-refractivity contribution >= 4 is 17.0 Å². The molecule has 3 aromatic carbocycles. The Balaban J connectivity index is 1.68. The molecule has 3 aromatic rings. The first-order chi connectivity index (χ1) is 11.3. The maximum Gasteiger partial charge on any atom is 0.128 e. The molecule has 23 heavy (non-hydrogen) atoms. The Kier molecular flexibility index (Phi) is 3.46. The third-order valence-electron chi connectivity index (χ3n) is 4.32. The Bertz CT molecular complexity index is 861. The van der Waals surface area contributed by atoms with Gasteiger partial charge in [-0.2, -0.15) is 5.10 Å². The summed E-state index contributed by atoms with van der Waals surface area (Å²) >= 11 is 0.